The molecule has 154 valence electrons. The van der Waals surface area contributed by atoms with Crippen LogP contribution < -0.4 is 10.1 Å². The van der Waals surface area contributed by atoms with Gasteiger partial charge < -0.3 is 15.2 Å². The van der Waals surface area contributed by atoms with Gasteiger partial charge >= 0.3 is 0 Å². The number of nitrogens with one attached hydrogen (secondary N) is 1. The summed E-state index contributed by atoms with van der Waals surface area (Å²) < 4.78 is 7.11. The van der Waals surface area contributed by atoms with Crippen molar-refractivity contribution >= 4 is 10.8 Å². The molecule has 0 fully saturated rings. The van der Waals surface area contributed by atoms with Crippen molar-refractivity contribution in [2.45, 2.75) is 26.1 Å². The Hall–Kier alpha value is -3.15. The molecule has 4 aromatic rings. The molecule has 5 heteroatoms. The van der Waals surface area contributed by atoms with Gasteiger partial charge in [-0.05, 0) is 58.7 Å². The molecular formula is C25H27N3O2. The van der Waals surface area contributed by atoms with Crippen molar-refractivity contribution < 1.29 is 9.84 Å². The average Bonchev–Trinajstić information content (AvgIpc) is 3.25. The molecule has 0 spiro atoms. The summed E-state index contributed by atoms with van der Waals surface area (Å²) in [6.45, 7) is 3.52. The molecule has 0 aliphatic carbocycles. The van der Waals surface area contributed by atoms with Gasteiger partial charge in [-0.3, -0.25) is 4.68 Å². The number of aliphatic hydroxyl groups excluding tert-OH is 1. The van der Waals surface area contributed by atoms with Crippen molar-refractivity contribution in [1.29, 1.82) is 0 Å². The molecule has 0 radical (unpaired) electrons. The fraction of sp³-hybridized carbons (Fsp3) is 0.240. The predicted octanol–water partition coefficient (Wildman–Crippen LogP) is 4.56. The van der Waals surface area contributed by atoms with E-state index in [0.29, 0.717) is 6.54 Å². The minimum Gasteiger partial charge on any atom is -0.497 e. The van der Waals surface area contributed by atoms with E-state index in [1.54, 1.807) is 11.8 Å². The molecule has 0 saturated heterocycles. The molecular weight excluding hydrogens is 374 g/mol. The van der Waals surface area contributed by atoms with E-state index in [0.717, 1.165) is 23.4 Å². The van der Waals surface area contributed by atoms with Crippen LogP contribution in [0.1, 0.15) is 24.1 Å². The molecule has 0 amide bonds. The Morgan fingerprint density at radius 2 is 1.97 bits per heavy atom. The zero-order valence-electron chi connectivity index (χ0n) is 17.4. The van der Waals surface area contributed by atoms with E-state index >= 15 is 0 Å². The van der Waals surface area contributed by atoms with Crippen LogP contribution in [-0.4, -0.2) is 28.6 Å². The minimum atomic E-state index is 0.0765. The van der Waals surface area contributed by atoms with Crippen LogP contribution in [0.3, 0.4) is 0 Å². The maximum absolute atomic E-state index is 9.20. The van der Waals surface area contributed by atoms with Gasteiger partial charge in [0, 0.05) is 24.3 Å². The SMILES string of the molecule is COc1cccc(CNC(C)c2cc(-c3cnn(CCO)c3)c3ccccc3c2)c1. The molecule has 5 nitrogen and oxygen atoms in total. The third kappa shape index (κ3) is 4.37. The molecule has 30 heavy (non-hydrogen) atoms. The number of benzene rings is 3. The lowest BCUT2D eigenvalue weighted by Crippen LogP contribution is -2.18. The highest BCUT2D eigenvalue weighted by Crippen LogP contribution is 2.32. The topological polar surface area (TPSA) is 59.3 Å². The lowest BCUT2D eigenvalue weighted by atomic mass is 9.95. The number of fused-ring (bicyclic) bond motifs is 1. The second kappa shape index (κ2) is 9.11. The first-order chi connectivity index (χ1) is 14.7. The second-order valence-corrected chi connectivity index (χ2v) is 7.46. The monoisotopic (exact) mass is 401 g/mol. The number of ether oxygens (including phenoxy) is 1. The lowest BCUT2D eigenvalue weighted by molar-refractivity contribution is 0.269. The van der Waals surface area contributed by atoms with Gasteiger partial charge in [0.25, 0.3) is 0 Å². The van der Waals surface area contributed by atoms with Crippen molar-refractivity contribution in [2.24, 2.45) is 0 Å². The Balaban J connectivity index is 1.63. The maximum atomic E-state index is 9.20. The zero-order chi connectivity index (χ0) is 20.9. The molecule has 1 heterocycles. The van der Waals surface area contributed by atoms with Crippen LogP contribution in [0.2, 0.25) is 0 Å². The van der Waals surface area contributed by atoms with Gasteiger partial charge in [-0.25, -0.2) is 0 Å². The largest absolute Gasteiger partial charge is 0.497 e. The molecule has 3 aromatic carbocycles. The number of nitrogens with zero attached hydrogens (tertiary/aromatic N) is 2. The van der Waals surface area contributed by atoms with Crippen LogP contribution in [-0.2, 0) is 13.1 Å². The van der Waals surface area contributed by atoms with Crippen molar-refractivity contribution in [2.75, 3.05) is 13.7 Å². The summed E-state index contributed by atoms with van der Waals surface area (Å²) in [4.78, 5) is 0. The summed E-state index contributed by atoms with van der Waals surface area (Å²) in [5, 5.41) is 19.6. The third-order valence-corrected chi connectivity index (χ3v) is 5.40. The highest BCUT2D eigenvalue weighted by molar-refractivity contribution is 5.97. The van der Waals surface area contributed by atoms with Gasteiger partial charge in [-0.1, -0.05) is 36.4 Å². The summed E-state index contributed by atoms with van der Waals surface area (Å²) in [6.07, 6.45) is 3.87. The van der Waals surface area contributed by atoms with Crippen LogP contribution in [0.25, 0.3) is 21.9 Å². The van der Waals surface area contributed by atoms with E-state index < -0.39 is 0 Å². The van der Waals surface area contributed by atoms with Crippen molar-refractivity contribution in [3.63, 3.8) is 0 Å². The van der Waals surface area contributed by atoms with Crippen LogP contribution >= 0.6 is 0 Å². The van der Waals surface area contributed by atoms with Crippen molar-refractivity contribution in [3.05, 3.63) is 84.2 Å². The Bertz CT molecular complexity index is 1140. The Morgan fingerprint density at radius 3 is 2.80 bits per heavy atom. The van der Waals surface area contributed by atoms with E-state index in [4.69, 9.17) is 4.74 Å². The molecule has 1 unspecified atom stereocenters. The zero-order valence-corrected chi connectivity index (χ0v) is 17.4. The number of hydrogen-bond acceptors (Lipinski definition) is 4. The molecule has 1 aromatic heterocycles. The quantitative estimate of drug-likeness (QED) is 0.455. The first-order valence-electron chi connectivity index (χ1n) is 10.2. The molecule has 0 saturated carbocycles. The summed E-state index contributed by atoms with van der Waals surface area (Å²) >= 11 is 0. The molecule has 1 atom stereocenters. The standard InChI is InChI=1S/C25H27N3O2/c1-18(26-15-19-6-5-8-23(12-19)30-2)21-13-20-7-3-4-9-24(20)25(14-21)22-16-27-28(17-22)10-11-29/h3-9,12-14,16-18,26,29H,10-11,15H2,1-2H3. The number of rotatable bonds is 8. The van der Waals surface area contributed by atoms with Gasteiger partial charge in [-0.2, -0.15) is 5.10 Å². The second-order valence-electron chi connectivity index (χ2n) is 7.46. The Labute approximate surface area is 176 Å². The van der Waals surface area contributed by atoms with Crippen molar-refractivity contribution in [1.82, 2.24) is 15.1 Å². The van der Waals surface area contributed by atoms with Crippen LogP contribution in [0, 0.1) is 0 Å². The smallest absolute Gasteiger partial charge is 0.119 e. The van der Waals surface area contributed by atoms with Gasteiger partial charge in [0.2, 0.25) is 0 Å². The fourth-order valence-corrected chi connectivity index (χ4v) is 3.72. The summed E-state index contributed by atoms with van der Waals surface area (Å²) in [6, 6.07) is 21.2. The van der Waals surface area contributed by atoms with E-state index in [1.165, 1.54) is 21.9 Å². The minimum absolute atomic E-state index is 0.0765. The summed E-state index contributed by atoms with van der Waals surface area (Å²) in [5.74, 6) is 0.870. The van der Waals surface area contributed by atoms with Crippen LogP contribution in [0.4, 0.5) is 0 Å². The summed E-state index contributed by atoms with van der Waals surface area (Å²) in [7, 11) is 1.69. The van der Waals surface area contributed by atoms with Gasteiger partial charge in [0.15, 0.2) is 0 Å². The lowest BCUT2D eigenvalue weighted by Gasteiger charge is -2.17. The fourth-order valence-electron chi connectivity index (χ4n) is 3.72. The highest BCUT2D eigenvalue weighted by Gasteiger charge is 2.12. The van der Waals surface area contributed by atoms with Crippen LogP contribution in [0.15, 0.2) is 73.1 Å². The number of aromatic nitrogens is 2. The maximum Gasteiger partial charge on any atom is 0.119 e. The van der Waals surface area contributed by atoms with Crippen molar-refractivity contribution in [3.8, 4) is 16.9 Å². The van der Waals surface area contributed by atoms with E-state index in [2.05, 4.69) is 65.9 Å². The van der Waals surface area contributed by atoms with E-state index in [9.17, 15) is 5.11 Å². The molecule has 4 rings (SSSR count). The number of hydrogen-bond donors (Lipinski definition) is 2. The van der Waals surface area contributed by atoms with Crippen LogP contribution in [0.5, 0.6) is 5.75 Å². The normalized spacial score (nSPS) is 12.2. The van der Waals surface area contributed by atoms with E-state index in [1.807, 2.05) is 24.5 Å². The third-order valence-electron chi connectivity index (χ3n) is 5.40. The van der Waals surface area contributed by atoms with Gasteiger partial charge in [0.1, 0.15) is 5.75 Å². The van der Waals surface area contributed by atoms with Gasteiger partial charge in [-0.15, -0.1) is 0 Å². The molecule has 0 bridgehead atoms. The van der Waals surface area contributed by atoms with Gasteiger partial charge in [0.05, 0.1) is 26.5 Å². The first-order valence-corrected chi connectivity index (χ1v) is 10.2. The van der Waals surface area contributed by atoms with E-state index in [-0.39, 0.29) is 12.6 Å². The molecule has 0 aliphatic heterocycles. The predicted molar refractivity (Wildman–Crippen MR) is 121 cm³/mol. The number of aliphatic hydroxyl groups is 1. The summed E-state index contributed by atoms with van der Waals surface area (Å²) in [5.41, 5.74) is 4.62. The Morgan fingerprint density at radius 1 is 1.10 bits per heavy atom. The average molecular weight is 402 g/mol. The first kappa shape index (κ1) is 20.1. The highest BCUT2D eigenvalue weighted by atomic mass is 16.5. The molecule has 2 N–H and O–H groups in total. The molecule has 0 aliphatic rings. The Kier molecular flexibility index (Phi) is 6.12. The number of methoxy groups -OCH3 is 1.